The van der Waals surface area contributed by atoms with Gasteiger partial charge in [0.05, 0.1) is 65.2 Å². The number of amides is 3. The van der Waals surface area contributed by atoms with Crippen molar-refractivity contribution in [3.05, 3.63) is 104 Å². The standard InChI is InChI=1S/C37H33ClFN9O6/c1-19-26(8-5-21(17-40)30(19)38)48-36(50)33-27(9-10-47(33)37(48)51)54-14-12-52-11-13-53-23-6-3-20(4-7-23)31-29(34-41-18-42-46(34)2)32-28-24(35(49)45-44-32)15-22(39)16-25(28)43-31/h3-8,15-16,18,27,29,31,33,43H,9-14H2,1-2H3,(H,45,49)/t27?,29-,31-,33+/m1/s1. The Kier molecular flexibility index (Phi) is 9.22. The lowest BCUT2D eigenvalue weighted by Gasteiger charge is -2.33. The topological polar surface area (TPSA) is 181 Å². The number of aromatic amines is 1. The molecule has 5 heterocycles. The number of rotatable bonds is 11. The van der Waals surface area contributed by atoms with Gasteiger partial charge in [0.1, 0.15) is 42.4 Å². The third-order valence-corrected chi connectivity index (χ3v) is 10.6. The number of aryl methyl sites for hydroxylation is 1. The first kappa shape index (κ1) is 35.2. The molecule has 3 aromatic carbocycles. The first-order valence-corrected chi connectivity index (χ1v) is 17.6. The average molecular weight is 754 g/mol. The van der Waals surface area contributed by atoms with Crippen LogP contribution >= 0.6 is 11.6 Å². The number of benzene rings is 3. The number of nitrogens with one attached hydrogen (secondary N) is 2. The van der Waals surface area contributed by atoms with Gasteiger partial charge in [0.15, 0.2) is 0 Å². The van der Waals surface area contributed by atoms with E-state index in [1.54, 1.807) is 24.7 Å². The molecule has 8 rings (SSSR count). The lowest BCUT2D eigenvalue weighted by Crippen LogP contribution is -2.38. The van der Waals surface area contributed by atoms with Crippen molar-refractivity contribution in [2.24, 2.45) is 7.05 Å². The maximum Gasteiger partial charge on any atom is 0.332 e. The molecule has 3 aliphatic heterocycles. The summed E-state index contributed by atoms with van der Waals surface area (Å²) in [6.45, 7) is 3.08. The van der Waals surface area contributed by atoms with Crippen molar-refractivity contribution in [3.8, 4) is 11.8 Å². The Hall–Kier alpha value is -5.89. The smallest absolute Gasteiger partial charge is 0.332 e. The number of H-pyrrole nitrogens is 1. The molecule has 4 atom stereocenters. The molecule has 54 heavy (non-hydrogen) atoms. The number of urea groups is 1. The van der Waals surface area contributed by atoms with Crippen LogP contribution in [-0.2, 0) is 21.3 Å². The summed E-state index contributed by atoms with van der Waals surface area (Å²) < 4.78 is 33.9. The molecule has 0 bridgehead atoms. The SMILES string of the molecule is Cc1c(N2C(=O)[C@@H]3C(OCCOCCOc4ccc([C@H]5Nc6cc(F)cc7c(=O)[nH]nc(c67)[C@@H]5c5ncnn5C)cc4)CCN3C2=O)ccc(C#N)c1Cl. The van der Waals surface area contributed by atoms with Gasteiger partial charge in [-0.1, -0.05) is 23.7 Å². The van der Waals surface area contributed by atoms with Crippen molar-refractivity contribution in [2.75, 3.05) is 43.2 Å². The van der Waals surface area contributed by atoms with Crippen molar-refractivity contribution < 1.29 is 28.2 Å². The summed E-state index contributed by atoms with van der Waals surface area (Å²) in [6, 6.07) is 13.5. The highest BCUT2D eigenvalue weighted by Crippen LogP contribution is 2.46. The van der Waals surface area contributed by atoms with E-state index in [4.69, 9.17) is 25.8 Å². The van der Waals surface area contributed by atoms with Crippen molar-refractivity contribution in [2.45, 2.75) is 37.5 Å². The Morgan fingerprint density at radius 1 is 1.07 bits per heavy atom. The molecule has 2 N–H and O–H groups in total. The zero-order valence-corrected chi connectivity index (χ0v) is 29.8. The summed E-state index contributed by atoms with van der Waals surface area (Å²) in [5.74, 6) is -0.163. The van der Waals surface area contributed by atoms with Gasteiger partial charge in [-0.15, -0.1) is 0 Å². The molecule has 3 aliphatic rings. The first-order valence-electron chi connectivity index (χ1n) is 17.2. The van der Waals surface area contributed by atoms with Crippen LogP contribution in [0.3, 0.4) is 0 Å². The van der Waals surface area contributed by atoms with Gasteiger partial charge in [-0.2, -0.15) is 15.5 Å². The second-order valence-electron chi connectivity index (χ2n) is 13.2. The Balaban J connectivity index is 0.850. The number of halogens is 2. The molecule has 5 aromatic rings. The van der Waals surface area contributed by atoms with Crippen LogP contribution in [0.15, 0.2) is 59.7 Å². The number of nitriles is 1. The molecular formula is C37H33ClFN9O6. The molecule has 17 heteroatoms. The minimum Gasteiger partial charge on any atom is -0.491 e. The van der Waals surface area contributed by atoms with Crippen LogP contribution in [0.5, 0.6) is 5.75 Å². The van der Waals surface area contributed by atoms with Gasteiger partial charge in [-0.3, -0.25) is 14.3 Å². The predicted molar refractivity (Wildman–Crippen MR) is 193 cm³/mol. The number of carbonyl (C=O) groups excluding carboxylic acids is 2. The number of ether oxygens (including phenoxy) is 3. The molecule has 0 aliphatic carbocycles. The molecule has 15 nitrogen and oxygen atoms in total. The molecule has 1 unspecified atom stereocenters. The summed E-state index contributed by atoms with van der Waals surface area (Å²) >= 11 is 6.31. The summed E-state index contributed by atoms with van der Waals surface area (Å²) in [6.07, 6.45) is 1.49. The second kappa shape index (κ2) is 14.2. The molecule has 3 amide bonds. The van der Waals surface area contributed by atoms with E-state index in [-0.39, 0.29) is 48.3 Å². The summed E-state index contributed by atoms with van der Waals surface area (Å²) in [4.78, 5) is 46.3. The van der Waals surface area contributed by atoms with Crippen LogP contribution in [-0.4, -0.2) is 86.9 Å². The van der Waals surface area contributed by atoms with Crippen molar-refractivity contribution in [1.82, 2.24) is 29.9 Å². The third kappa shape index (κ3) is 5.99. The molecule has 2 saturated heterocycles. The maximum atomic E-state index is 14.6. The minimum absolute atomic E-state index is 0.199. The molecule has 0 radical (unpaired) electrons. The molecule has 2 aromatic heterocycles. The quantitative estimate of drug-likeness (QED) is 0.145. The monoisotopic (exact) mass is 753 g/mol. The van der Waals surface area contributed by atoms with Crippen LogP contribution in [0, 0.1) is 24.1 Å². The molecular weight excluding hydrogens is 721 g/mol. The lowest BCUT2D eigenvalue weighted by atomic mass is 9.83. The summed E-state index contributed by atoms with van der Waals surface area (Å²) in [5.41, 5.74) is 2.49. The number of hydrogen-bond acceptors (Lipinski definition) is 11. The Labute approximate surface area is 312 Å². The van der Waals surface area contributed by atoms with Gasteiger partial charge in [-0.25, -0.2) is 24.2 Å². The number of nitrogens with zero attached hydrogens (tertiary/aromatic N) is 7. The van der Waals surface area contributed by atoms with Gasteiger partial charge < -0.3 is 24.4 Å². The van der Waals surface area contributed by atoms with Crippen LogP contribution in [0.1, 0.15) is 46.6 Å². The molecule has 276 valence electrons. The number of hydrogen-bond donors (Lipinski definition) is 2. The largest absolute Gasteiger partial charge is 0.491 e. The minimum atomic E-state index is -0.748. The highest BCUT2D eigenvalue weighted by Gasteiger charge is 2.53. The number of imide groups is 1. The van der Waals surface area contributed by atoms with Crippen molar-refractivity contribution >= 4 is 45.7 Å². The van der Waals surface area contributed by atoms with E-state index in [1.807, 2.05) is 30.3 Å². The fourth-order valence-electron chi connectivity index (χ4n) is 7.55. The highest BCUT2D eigenvalue weighted by atomic mass is 35.5. The Morgan fingerprint density at radius 2 is 1.87 bits per heavy atom. The number of aromatic nitrogens is 5. The van der Waals surface area contributed by atoms with Crippen LogP contribution in [0.25, 0.3) is 10.8 Å². The molecule has 2 fully saturated rings. The third-order valence-electron chi connectivity index (χ3n) is 10.1. The fraction of sp³-hybridized carbons (Fsp3) is 0.324. The number of anilines is 2. The zero-order chi connectivity index (χ0) is 37.7. The van der Waals surface area contributed by atoms with Gasteiger partial charge in [-0.05, 0) is 60.9 Å². The van der Waals surface area contributed by atoms with E-state index in [1.165, 1.54) is 29.4 Å². The van der Waals surface area contributed by atoms with E-state index in [9.17, 15) is 24.0 Å². The van der Waals surface area contributed by atoms with E-state index in [2.05, 4.69) is 25.6 Å². The first-order chi connectivity index (χ1) is 26.2. The molecule has 0 spiro atoms. The number of carbonyl (C=O) groups is 2. The van der Waals surface area contributed by atoms with Crippen LogP contribution < -0.4 is 20.5 Å². The van der Waals surface area contributed by atoms with Crippen LogP contribution in [0.4, 0.5) is 20.6 Å². The zero-order valence-electron chi connectivity index (χ0n) is 29.1. The van der Waals surface area contributed by atoms with Gasteiger partial charge in [0, 0.05) is 24.7 Å². The van der Waals surface area contributed by atoms with Crippen molar-refractivity contribution in [1.29, 1.82) is 5.26 Å². The van der Waals surface area contributed by atoms with Crippen molar-refractivity contribution in [3.63, 3.8) is 0 Å². The second-order valence-corrected chi connectivity index (χ2v) is 13.5. The lowest BCUT2D eigenvalue weighted by molar-refractivity contribution is -0.122. The Morgan fingerprint density at radius 3 is 2.63 bits per heavy atom. The summed E-state index contributed by atoms with van der Waals surface area (Å²) in [5, 5.41) is 24.8. The summed E-state index contributed by atoms with van der Waals surface area (Å²) in [7, 11) is 1.78. The average Bonchev–Trinajstić information content (AvgIpc) is 3.86. The van der Waals surface area contributed by atoms with Gasteiger partial charge in [0.25, 0.3) is 11.5 Å². The number of fused-ring (bicyclic) bond motifs is 1. The van der Waals surface area contributed by atoms with Gasteiger partial charge in [0.2, 0.25) is 0 Å². The molecule has 0 saturated carbocycles. The van der Waals surface area contributed by atoms with E-state index in [0.717, 1.165) is 10.5 Å². The van der Waals surface area contributed by atoms with E-state index >= 15 is 0 Å². The van der Waals surface area contributed by atoms with Gasteiger partial charge >= 0.3 is 6.03 Å². The van der Waals surface area contributed by atoms with E-state index in [0.29, 0.717) is 52.6 Å². The van der Waals surface area contributed by atoms with Crippen LogP contribution in [0.2, 0.25) is 5.02 Å². The van der Waals surface area contributed by atoms with E-state index < -0.39 is 41.5 Å². The maximum absolute atomic E-state index is 14.6. The highest BCUT2D eigenvalue weighted by molar-refractivity contribution is 6.33. The fourth-order valence-corrected chi connectivity index (χ4v) is 7.75. The predicted octanol–water partition coefficient (Wildman–Crippen LogP) is 4.34. The normalized spacial score (nSPS) is 20.4. The Bertz CT molecular complexity index is 2400.